The van der Waals surface area contributed by atoms with E-state index in [-0.39, 0.29) is 11.7 Å². The fraction of sp³-hybridized carbons (Fsp3) is 0.417. The number of sulfone groups is 1. The number of carbonyl (C=O) groups is 1. The molecule has 1 N–H and O–H groups in total. The van der Waals surface area contributed by atoms with E-state index in [4.69, 9.17) is 4.74 Å². The van der Waals surface area contributed by atoms with Crippen LogP contribution in [0.15, 0.2) is 24.3 Å². The van der Waals surface area contributed by atoms with Gasteiger partial charge in [-0.25, -0.2) is 8.42 Å². The molecule has 1 aromatic rings. The molecule has 0 radical (unpaired) electrons. The lowest BCUT2D eigenvalue weighted by molar-refractivity contribution is 0.0940. The second-order valence-corrected chi connectivity index (χ2v) is 6.35. The predicted octanol–water partition coefficient (Wildman–Crippen LogP) is 0.858. The third kappa shape index (κ3) is 4.37. The van der Waals surface area contributed by atoms with Crippen molar-refractivity contribution in [2.75, 3.05) is 19.1 Å². The molecule has 0 spiro atoms. The van der Waals surface area contributed by atoms with Crippen molar-refractivity contribution in [3.05, 3.63) is 29.8 Å². The summed E-state index contributed by atoms with van der Waals surface area (Å²) < 4.78 is 27.3. The van der Waals surface area contributed by atoms with Gasteiger partial charge in [-0.2, -0.15) is 0 Å². The van der Waals surface area contributed by atoms with Gasteiger partial charge in [-0.05, 0) is 19.1 Å². The van der Waals surface area contributed by atoms with E-state index in [1.165, 1.54) is 7.11 Å². The average molecular weight is 271 g/mol. The maximum atomic E-state index is 11.9. The van der Waals surface area contributed by atoms with Crippen molar-refractivity contribution in [2.24, 2.45) is 0 Å². The Bertz CT molecular complexity index is 525. The first-order valence-corrected chi connectivity index (χ1v) is 7.51. The van der Waals surface area contributed by atoms with E-state index in [2.05, 4.69) is 5.32 Å². The lowest BCUT2D eigenvalue weighted by Gasteiger charge is -2.14. The van der Waals surface area contributed by atoms with Gasteiger partial charge >= 0.3 is 0 Å². The highest BCUT2D eigenvalue weighted by atomic mass is 32.2. The van der Waals surface area contributed by atoms with Crippen LogP contribution in [0.25, 0.3) is 0 Å². The summed E-state index contributed by atoms with van der Waals surface area (Å²) in [5, 5.41) is 2.63. The van der Waals surface area contributed by atoms with Crippen molar-refractivity contribution in [1.82, 2.24) is 5.32 Å². The van der Waals surface area contributed by atoms with Crippen LogP contribution in [0.1, 0.15) is 17.3 Å². The molecule has 0 saturated heterocycles. The highest BCUT2D eigenvalue weighted by Crippen LogP contribution is 2.16. The van der Waals surface area contributed by atoms with Gasteiger partial charge in [0.15, 0.2) is 0 Å². The quantitative estimate of drug-likeness (QED) is 0.862. The largest absolute Gasteiger partial charge is 0.496 e. The molecule has 1 amide bonds. The standard InChI is InChI=1S/C12H17NO4S/c1-9(8-18(3,15)16)13-12(14)10-6-4-5-7-11(10)17-2/h4-7,9H,8H2,1-3H3,(H,13,14). The molecule has 1 unspecified atom stereocenters. The van der Waals surface area contributed by atoms with Crippen LogP contribution in [0.2, 0.25) is 0 Å². The highest BCUT2D eigenvalue weighted by molar-refractivity contribution is 7.90. The van der Waals surface area contributed by atoms with E-state index in [1.807, 2.05) is 0 Å². The normalized spacial score (nSPS) is 12.8. The maximum absolute atomic E-state index is 11.9. The number of ether oxygens (including phenoxy) is 1. The Labute approximate surface area is 107 Å². The summed E-state index contributed by atoms with van der Waals surface area (Å²) >= 11 is 0. The number of rotatable bonds is 5. The smallest absolute Gasteiger partial charge is 0.255 e. The van der Waals surface area contributed by atoms with Crippen molar-refractivity contribution in [1.29, 1.82) is 0 Å². The zero-order valence-electron chi connectivity index (χ0n) is 10.6. The SMILES string of the molecule is COc1ccccc1C(=O)NC(C)CS(C)(=O)=O. The maximum Gasteiger partial charge on any atom is 0.255 e. The first-order valence-electron chi connectivity index (χ1n) is 5.45. The van der Waals surface area contributed by atoms with E-state index < -0.39 is 15.9 Å². The molecule has 100 valence electrons. The van der Waals surface area contributed by atoms with Crippen molar-refractivity contribution in [3.63, 3.8) is 0 Å². The number of hydrogen-bond donors (Lipinski definition) is 1. The van der Waals surface area contributed by atoms with Crippen LogP contribution in [0.5, 0.6) is 5.75 Å². The topological polar surface area (TPSA) is 72.5 Å². The minimum absolute atomic E-state index is 0.0894. The second-order valence-electron chi connectivity index (χ2n) is 4.17. The Balaban J connectivity index is 2.77. The van der Waals surface area contributed by atoms with Gasteiger partial charge in [0.25, 0.3) is 5.91 Å². The molecular weight excluding hydrogens is 254 g/mol. The van der Waals surface area contributed by atoms with Crippen LogP contribution in [0.3, 0.4) is 0 Å². The Hall–Kier alpha value is -1.56. The summed E-state index contributed by atoms with van der Waals surface area (Å²) in [4.78, 5) is 11.9. The Morgan fingerprint density at radius 3 is 2.56 bits per heavy atom. The number of nitrogens with one attached hydrogen (secondary N) is 1. The summed E-state index contributed by atoms with van der Waals surface area (Å²) in [6.45, 7) is 1.65. The summed E-state index contributed by atoms with van der Waals surface area (Å²) in [7, 11) is -1.63. The first-order chi connectivity index (χ1) is 8.33. The zero-order chi connectivity index (χ0) is 13.8. The van der Waals surface area contributed by atoms with Crippen LogP contribution >= 0.6 is 0 Å². The Morgan fingerprint density at radius 2 is 2.00 bits per heavy atom. The minimum Gasteiger partial charge on any atom is -0.496 e. The molecule has 18 heavy (non-hydrogen) atoms. The van der Waals surface area contributed by atoms with Gasteiger partial charge in [-0.3, -0.25) is 4.79 Å². The number of benzene rings is 1. The molecule has 0 aliphatic rings. The van der Waals surface area contributed by atoms with E-state index in [1.54, 1.807) is 31.2 Å². The Morgan fingerprint density at radius 1 is 1.39 bits per heavy atom. The van der Waals surface area contributed by atoms with Gasteiger partial charge in [0.1, 0.15) is 15.6 Å². The van der Waals surface area contributed by atoms with Gasteiger partial charge < -0.3 is 10.1 Å². The van der Waals surface area contributed by atoms with Gasteiger partial charge in [0.05, 0.1) is 18.4 Å². The van der Waals surface area contributed by atoms with Crippen LogP contribution in [-0.2, 0) is 9.84 Å². The molecule has 0 aromatic heterocycles. The fourth-order valence-electron chi connectivity index (χ4n) is 1.63. The second kappa shape index (κ2) is 5.86. The zero-order valence-corrected chi connectivity index (χ0v) is 11.5. The molecule has 1 atom stereocenters. The number of amides is 1. The molecule has 0 saturated carbocycles. The minimum atomic E-state index is -3.11. The molecule has 0 aliphatic heterocycles. The van der Waals surface area contributed by atoms with Gasteiger partial charge in [-0.1, -0.05) is 12.1 Å². The van der Waals surface area contributed by atoms with Gasteiger partial charge in [-0.15, -0.1) is 0 Å². The molecule has 6 heteroatoms. The molecular formula is C12H17NO4S. The molecule has 1 aromatic carbocycles. The monoisotopic (exact) mass is 271 g/mol. The summed E-state index contributed by atoms with van der Waals surface area (Å²) in [6.07, 6.45) is 1.14. The summed E-state index contributed by atoms with van der Waals surface area (Å²) in [5.41, 5.74) is 0.389. The number of para-hydroxylation sites is 1. The predicted molar refractivity (Wildman–Crippen MR) is 69.6 cm³/mol. The first kappa shape index (κ1) is 14.5. The third-order valence-corrected chi connectivity index (χ3v) is 3.39. The van der Waals surface area contributed by atoms with E-state index in [9.17, 15) is 13.2 Å². The molecule has 0 fully saturated rings. The number of carbonyl (C=O) groups excluding carboxylic acids is 1. The van der Waals surface area contributed by atoms with E-state index in [0.717, 1.165) is 6.26 Å². The van der Waals surface area contributed by atoms with Crippen molar-refractivity contribution in [2.45, 2.75) is 13.0 Å². The number of hydrogen-bond acceptors (Lipinski definition) is 4. The van der Waals surface area contributed by atoms with Crippen LogP contribution in [0.4, 0.5) is 0 Å². The van der Waals surface area contributed by atoms with Crippen LogP contribution in [0, 0.1) is 0 Å². The molecule has 5 nitrogen and oxygen atoms in total. The molecule has 1 rings (SSSR count). The van der Waals surface area contributed by atoms with Gasteiger partial charge in [0, 0.05) is 12.3 Å². The third-order valence-electron chi connectivity index (χ3n) is 2.28. The van der Waals surface area contributed by atoms with Crippen LogP contribution < -0.4 is 10.1 Å². The van der Waals surface area contributed by atoms with Gasteiger partial charge in [0.2, 0.25) is 0 Å². The molecule has 0 bridgehead atoms. The molecule has 0 aliphatic carbocycles. The number of methoxy groups -OCH3 is 1. The van der Waals surface area contributed by atoms with E-state index >= 15 is 0 Å². The van der Waals surface area contributed by atoms with Crippen molar-refractivity contribution in [3.8, 4) is 5.75 Å². The summed E-state index contributed by atoms with van der Waals surface area (Å²) in [6, 6.07) is 6.34. The average Bonchev–Trinajstić information content (AvgIpc) is 2.26. The van der Waals surface area contributed by atoms with Crippen molar-refractivity contribution >= 4 is 15.7 Å². The fourth-order valence-corrected chi connectivity index (χ4v) is 2.62. The summed E-state index contributed by atoms with van der Waals surface area (Å²) in [5.74, 6) is 0.0265. The lowest BCUT2D eigenvalue weighted by Crippen LogP contribution is -2.37. The van der Waals surface area contributed by atoms with Crippen LogP contribution in [-0.4, -0.2) is 39.5 Å². The van der Waals surface area contributed by atoms with E-state index in [0.29, 0.717) is 11.3 Å². The lowest BCUT2D eigenvalue weighted by atomic mass is 10.2. The Kier molecular flexibility index (Phi) is 4.72. The van der Waals surface area contributed by atoms with Crippen molar-refractivity contribution < 1.29 is 17.9 Å². The highest BCUT2D eigenvalue weighted by Gasteiger charge is 2.16. The molecule has 0 heterocycles.